The summed E-state index contributed by atoms with van der Waals surface area (Å²) in [6, 6.07) is 2.90. The first-order valence-corrected chi connectivity index (χ1v) is 7.86. The Bertz CT molecular complexity index is 605. The van der Waals surface area contributed by atoms with E-state index in [1.54, 1.807) is 6.92 Å². The summed E-state index contributed by atoms with van der Waals surface area (Å²) in [6.45, 7) is 5.65. The first kappa shape index (κ1) is 17.1. The molecule has 2 unspecified atom stereocenters. The molecule has 0 saturated heterocycles. The van der Waals surface area contributed by atoms with E-state index in [-0.39, 0.29) is 44.7 Å². The van der Waals surface area contributed by atoms with Gasteiger partial charge in [-0.2, -0.15) is 0 Å². The number of hydrogen-bond acceptors (Lipinski definition) is 3. The standard InChI is InChI=1S/C16H19Cl2NO3/c1-8(20)11-4-9(16(11,2)3)5-14(21)19-10-6-12(17)15(22)13(18)7-10/h6-7,9,11,22H,4-5H2,1-3H3,(H,19,21). The average molecular weight is 344 g/mol. The maximum absolute atomic E-state index is 12.1. The summed E-state index contributed by atoms with van der Waals surface area (Å²) in [5.41, 5.74) is 0.283. The molecule has 6 heteroatoms. The van der Waals surface area contributed by atoms with Crippen LogP contribution in [0, 0.1) is 17.3 Å². The quantitative estimate of drug-likeness (QED) is 0.801. The van der Waals surface area contributed by atoms with E-state index in [0.29, 0.717) is 12.1 Å². The van der Waals surface area contributed by atoms with Crippen LogP contribution in [-0.2, 0) is 9.59 Å². The number of halogens is 2. The fourth-order valence-corrected chi connectivity index (χ4v) is 3.61. The van der Waals surface area contributed by atoms with Crippen LogP contribution in [0.15, 0.2) is 12.1 Å². The Labute approximate surface area is 139 Å². The molecule has 2 N–H and O–H groups in total. The van der Waals surface area contributed by atoms with Gasteiger partial charge in [0.25, 0.3) is 0 Å². The SMILES string of the molecule is CC(=O)C1CC(CC(=O)Nc2cc(Cl)c(O)c(Cl)c2)C1(C)C. The molecule has 1 amide bonds. The predicted octanol–water partition coefficient (Wildman–Crippen LogP) is 4.28. The van der Waals surface area contributed by atoms with Crippen LogP contribution in [0.1, 0.15) is 33.6 Å². The highest BCUT2D eigenvalue weighted by Crippen LogP contribution is 2.53. The second-order valence-electron chi connectivity index (χ2n) is 6.46. The lowest BCUT2D eigenvalue weighted by Crippen LogP contribution is -2.49. The number of amides is 1. The molecule has 1 aliphatic rings. The molecule has 1 fully saturated rings. The van der Waals surface area contributed by atoms with Crippen LogP contribution in [0.3, 0.4) is 0 Å². The lowest BCUT2D eigenvalue weighted by atomic mass is 9.52. The normalized spacial score (nSPS) is 22.8. The highest BCUT2D eigenvalue weighted by atomic mass is 35.5. The van der Waals surface area contributed by atoms with Gasteiger partial charge in [0.2, 0.25) is 5.91 Å². The van der Waals surface area contributed by atoms with E-state index in [2.05, 4.69) is 5.32 Å². The minimum absolute atomic E-state index is 0.0304. The smallest absolute Gasteiger partial charge is 0.224 e. The van der Waals surface area contributed by atoms with Crippen LogP contribution in [-0.4, -0.2) is 16.8 Å². The van der Waals surface area contributed by atoms with Gasteiger partial charge in [-0.1, -0.05) is 37.0 Å². The molecular weight excluding hydrogens is 325 g/mol. The van der Waals surface area contributed by atoms with E-state index in [9.17, 15) is 14.7 Å². The highest BCUT2D eigenvalue weighted by molar-refractivity contribution is 6.37. The summed E-state index contributed by atoms with van der Waals surface area (Å²) in [6.07, 6.45) is 1.08. The Balaban J connectivity index is 1.99. The zero-order valence-electron chi connectivity index (χ0n) is 12.7. The van der Waals surface area contributed by atoms with Gasteiger partial charge in [-0.15, -0.1) is 0 Å². The van der Waals surface area contributed by atoms with E-state index in [0.717, 1.165) is 6.42 Å². The van der Waals surface area contributed by atoms with Crippen molar-refractivity contribution in [2.24, 2.45) is 17.3 Å². The number of nitrogens with one attached hydrogen (secondary N) is 1. The fourth-order valence-electron chi connectivity index (χ4n) is 3.13. The zero-order valence-corrected chi connectivity index (χ0v) is 14.3. The molecule has 0 radical (unpaired) electrons. The first-order chi connectivity index (χ1) is 10.1. The molecule has 1 aromatic carbocycles. The van der Waals surface area contributed by atoms with Gasteiger partial charge in [-0.3, -0.25) is 9.59 Å². The molecule has 4 nitrogen and oxygen atoms in total. The molecule has 1 aliphatic carbocycles. The van der Waals surface area contributed by atoms with Crippen molar-refractivity contribution in [1.82, 2.24) is 0 Å². The summed E-state index contributed by atoms with van der Waals surface area (Å²) in [4.78, 5) is 23.7. The van der Waals surface area contributed by atoms with E-state index >= 15 is 0 Å². The van der Waals surface area contributed by atoms with Gasteiger partial charge < -0.3 is 10.4 Å². The van der Waals surface area contributed by atoms with E-state index < -0.39 is 0 Å². The van der Waals surface area contributed by atoms with Crippen molar-refractivity contribution in [3.05, 3.63) is 22.2 Å². The van der Waals surface area contributed by atoms with Crippen molar-refractivity contribution in [3.8, 4) is 5.75 Å². The summed E-state index contributed by atoms with van der Waals surface area (Å²) >= 11 is 11.6. The van der Waals surface area contributed by atoms with Crippen molar-refractivity contribution in [1.29, 1.82) is 0 Å². The number of Topliss-reactive ketones (excluding diaryl/α,β-unsaturated/α-hetero) is 1. The van der Waals surface area contributed by atoms with Gasteiger partial charge in [0.15, 0.2) is 5.75 Å². The van der Waals surface area contributed by atoms with E-state index in [1.165, 1.54) is 12.1 Å². The lowest BCUT2D eigenvalue weighted by molar-refractivity contribution is -0.139. The van der Waals surface area contributed by atoms with E-state index in [1.807, 2.05) is 13.8 Å². The molecule has 120 valence electrons. The molecule has 1 saturated carbocycles. The Kier molecular flexibility index (Phi) is 4.73. The molecule has 0 spiro atoms. The number of phenolic OH excluding ortho intramolecular Hbond substituents is 1. The summed E-state index contributed by atoms with van der Waals surface area (Å²) in [7, 11) is 0. The fraction of sp³-hybridized carbons (Fsp3) is 0.500. The number of ketones is 1. The van der Waals surface area contributed by atoms with Gasteiger partial charge >= 0.3 is 0 Å². The molecule has 2 atom stereocenters. The maximum Gasteiger partial charge on any atom is 0.224 e. The number of aromatic hydroxyl groups is 1. The molecule has 0 aromatic heterocycles. The largest absolute Gasteiger partial charge is 0.505 e. The highest BCUT2D eigenvalue weighted by Gasteiger charge is 2.50. The maximum atomic E-state index is 12.1. The number of carbonyl (C=O) groups is 2. The van der Waals surface area contributed by atoms with Gasteiger partial charge in [-0.05, 0) is 36.8 Å². The molecule has 0 bridgehead atoms. The van der Waals surface area contributed by atoms with Crippen molar-refractivity contribution in [2.45, 2.75) is 33.6 Å². The molecule has 22 heavy (non-hydrogen) atoms. The molecular formula is C16H19Cl2NO3. The number of benzene rings is 1. The molecule has 0 aliphatic heterocycles. The van der Waals surface area contributed by atoms with Crippen molar-refractivity contribution in [3.63, 3.8) is 0 Å². The molecule has 2 rings (SSSR count). The van der Waals surface area contributed by atoms with Crippen LogP contribution in [0.2, 0.25) is 10.0 Å². The average Bonchev–Trinajstić information content (AvgIpc) is 2.39. The van der Waals surface area contributed by atoms with Gasteiger partial charge in [-0.25, -0.2) is 0 Å². The van der Waals surface area contributed by atoms with Crippen LogP contribution in [0.25, 0.3) is 0 Å². The Morgan fingerprint density at radius 3 is 2.32 bits per heavy atom. The van der Waals surface area contributed by atoms with Gasteiger partial charge in [0.1, 0.15) is 5.78 Å². The minimum Gasteiger partial charge on any atom is -0.505 e. The molecule has 1 aromatic rings. The van der Waals surface area contributed by atoms with Crippen molar-refractivity contribution in [2.75, 3.05) is 5.32 Å². The van der Waals surface area contributed by atoms with Crippen molar-refractivity contribution >= 4 is 40.6 Å². The third-order valence-electron chi connectivity index (χ3n) is 4.69. The Hall–Kier alpha value is -1.26. The van der Waals surface area contributed by atoms with Gasteiger partial charge in [0.05, 0.1) is 10.0 Å². The van der Waals surface area contributed by atoms with Gasteiger partial charge in [0, 0.05) is 18.0 Å². The Morgan fingerprint density at radius 1 is 1.32 bits per heavy atom. The topological polar surface area (TPSA) is 66.4 Å². The number of hydrogen-bond donors (Lipinski definition) is 2. The zero-order chi connectivity index (χ0) is 16.7. The van der Waals surface area contributed by atoms with Crippen LogP contribution >= 0.6 is 23.2 Å². The van der Waals surface area contributed by atoms with Crippen LogP contribution in [0.4, 0.5) is 5.69 Å². The predicted molar refractivity (Wildman–Crippen MR) is 87.4 cm³/mol. The second-order valence-corrected chi connectivity index (χ2v) is 7.27. The lowest BCUT2D eigenvalue weighted by Gasteiger charge is -2.51. The van der Waals surface area contributed by atoms with Crippen LogP contribution in [0.5, 0.6) is 5.75 Å². The Morgan fingerprint density at radius 2 is 1.86 bits per heavy atom. The third kappa shape index (κ3) is 3.23. The number of anilines is 1. The summed E-state index contributed by atoms with van der Waals surface area (Å²) in [5.74, 6) is 0.0229. The van der Waals surface area contributed by atoms with Crippen molar-refractivity contribution < 1.29 is 14.7 Å². The summed E-state index contributed by atoms with van der Waals surface area (Å²) in [5, 5.41) is 12.4. The monoisotopic (exact) mass is 343 g/mol. The van der Waals surface area contributed by atoms with E-state index in [4.69, 9.17) is 23.2 Å². The molecule has 0 heterocycles. The first-order valence-electron chi connectivity index (χ1n) is 7.11. The number of rotatable bonds is 4. The summed E-state index contributed by atoms with van der Waals surface area (Å²) < 4.78 is 0. The third-order valence-corrected chi connectivity index (χ3v) is 5.27. The second kappa shape index (κ2) is 6.09. The number of carbonyl (C=O) groups excluding carboxylic acids is 2. The number of phenols is 1. The minimum atomic E-state index is -0.203. The van der Waals surface area contributed by atoms with Crippen LogP contribution < -0.4 is 5.32 Å².